The van der Waals surface area contributed by atoms with Crippen LogP contribution in [-0.4, -0.2) is 22.1 Å². The highest BCUT2D eigenvalue weighted by Gasteiger charge is 2.11. The molecule has 0 aliphatic heterocycles. The summed E-state index contributed by atoms with van der Waals surface area (Å²) in [5.41, 5.74) is 1.43. The van der Waals surface area contributed by atoms with Gasteiger partial charge in [0.25, 0.3) is 0 Å². The van der Waals surface area contributed by atoms with Gasteiger partial charge in [-0.15, -0.1) is 0 Å². The predicted octanol–water partition coefficient (Wildman–Crippen LogP) is 2.96. The van der Waals surface area contributed by atoms with Gasteiger partial charge in [0.15, 0.2) is 0 Å². The number of nitrogens with zero attached hydrogens (tertiary/aromatic N) is 2. The molecule has 20 heavy (non-hydrogen) atoms. The molecule has 0 saturated heterocycles. The monoisotopic (exact) mass is 271 g/mol. The average Bonchev–Trinajstić information content (AvgIpc) is 2.86. The van der Waals surface area contributed by atoms with Crippen LogP contribution in [0.4, 0.5) is 0 Å². The van der Waals surface area contributed by atoms with Gasteiger partial charge in [-0.25, -0.2) is 4.98 Å². The van der Waals surface area contributed by atoms with E-state index < -0.39 is 0 Å². The standard InChI is InChI=1S/C17H25N3/c1-3-18-16(14-17-19-12-13-20(17)2)11-7-10-15-8-5-4-6-9-15/h4-6,8-9,12-13,16,18H,3,7,10-11,14H2,1-2H3. The second-order valence-corrected chi connectivity index (χ2v) is 5.29. The summed E-state index contributed by atoms with van der Waals surface area (Å²) in [4.78, 5) is 4.43. The van der Waals surface area contributed by atoms with Gasteiger partial charge in [0.2, 0.25) is 0 Å². The zero-order valence-corrected chi connectivity index (χ0v) is 12.5. The van der Waals surface area contributed by atoms with E-state index in [0.29, 0.717) is 6.04 Å². The van der Waals surface area contributed by atoms with Gasteiger partial charge in [0.1, 0.15) is 5.82 Å². The van der Waals surface area contributed by atoms with Gasteiger partial charge in [0, 0.05) is 31.9 Å². The minimum absolute atomic E-state index is 0.518. The summed E-state index contributed by atoms with van der Waals surface area (Å²) in [6.45, 7) is 3.18. The molecule has 0 radical (unpaired) electrons. The van der Waals surface area contributed by atoms with Crippen LogP contribution in [0.25, 0.3) is 0 Å². The van der Waals surface area contributed by atoms with Crippen LogP contribution in [0.2, 0.25) is 0 Å². The van der Waals surface area contributed by atoms with Crippen LogP contribution in [0.1, 0.15) is 31.2 Å². The second-order valence-electron chi connectivity index (χ2n) is 5.29. The highest BCUT2D eigenvalue weighted by atomic mass is 15.0. The van der Waals surface area contributed by atoms with Crippen LogP contribution in [-0.2, 0) is 19.9 Å². The number of aryl methyl sites for hydroxylation is 2. The summed E-state index contributed by atoms with van der Waals surface area (Å²) in [5.74, 6) is 1.16. The normalized spacial score (nSPS) is 12.5. The third-order valence-corrected chi connectivity index (χ3v) is 3.70. The average molecular weight is 271 g/mol. The van der Waals surface area contributed by atoms with Crippen LogP contribution >= 0.6 is 0 Å². The van der Waals surface area contributed by atoms with E-state index in [2.05, 4.69) is 59.2 Å². The first-order chi connectivity index (χ1) is 9.79. The number of hydrogen-bond acceptors (Lipinski definition) is 2. The Morgan fingerprint density at radius 2 is 2.05 bits per heavy atom. The van der Waals surface area contributed by atoms with Crippen molar-refractivity contribution < 1.29 is 0 Å². The van der Waals surface area contributed by atoms with Crippen molar-refractivity contribution in [3.8, 4) is 0 Å². The second kappa shape index (κ2) is 7.85. The molecule has 0 spiro atoms. The number of likely N-dealkylation sites (N-methyl/N-ethyl adjacent to an activating group) is 1. The minimum Gasteiger partial charge on any atom is -0.338 e. The number of hydrogen-bond donors (Lipinski definition) is 1. The SMILES string of the molecule is CCNC(CCCc1ccccc1)Cc1nccn1C. The maximum Gasteiger partial charge on any atom is 0.109 e. The molecule has 0 bridgehead atoms. The van der Waals surface area contributed by atoms with Gasteiger partial charge in [-0.05, 0) is 31.4 Å². The maximum atomic E-state index is 4.43. The number of nitrogens with one attached hydrogen (secondary N) is 1. The van der Waals surface area contributed by atoms with E-state index in [1.807, 2.05) is 12.4 Å². The summed E-state index contributed by atoms with van der Waals surface area (Å²) in [6, 6.07) is 11.2. The fourth-order valence-electron chi connectivity index (χ4n) is 2.58. The lowest BCUT2D eigenvalue weighted by atomic mass is 10.0. The van der Waals surface area contributed by atoms with Crippen molar-refractivity contribution in [3.63, 3.8) is 0 Å². The molecule has 3 heteroatoms. The van der Waals surface area contributed by atoms with E-state index in [1.165, 1.54) is 18.4 Å². The summed E-state index contributed by atoms with van der Waals surface area (Å²) in [6.07, 6.45) is 8.46. The Bertz CT molecular complexity index is 490. The minimum atomic E-state index is 0.518. The lowest BCUT2D eigenvalue weighted by Gasteiger charge is -2.17. The van der Waals surface area contributed by atoms with Gasteiger partial charge in [-0.1, -0.05) is 37.3 Å². The van der Waals surface area contributed by atoms with Crippen molar-refractivity contribution in [1.29, 1.82) is 0 Å². The number of benzene rings is 1. The van der Waals surface area contributed by atoms with Gasteiger partial charge >= 0.3 is 0 Å². The van der Waals surface area contributed by atoms with Crippen molar-refractivity contribution in [3.05, 3.63) is 54.1 Å². The van der Waals surface area contributed by atoms with Crippen LogP contribution in [0.5, 0.6) is 0 Å². The largest absolute Gasteiger partial charge is 0.338 e. The van der Waals surface area contributed by atoms with Crippen molar-refractivity contribution in [1.82, 2.24) is 14.9 Å². The van der Waals surface area contributed by atoms with Crippen LogP contribution in [0.15, 0.2) is 42.7 Å². The Hall–Kier alpha value is -1.61. The molecule has 108 valence electrons. The fourth-order valence-corrected chi connectivity index (χ4v) is 2.58. The molecule has 1 aromatic carbocycles. The molecule has 3 nitrogen and oxygen atoms in total. The first-order valence-corrected chi connectivity index (χ1v) is 7.53. The Morgan fingerprint density at radius 1 is 1.25 bits per heavy atom. The van der Waals surface area contributed by atoms with E-state index in [1.54, 1.807) is 0 Å². The van der Waals surface area contributed by atoms with Crippen molar-refractivity contribution in [2.45, 2.75) is 38.6 Å². The predicted molar refractivity (Wildman–Crippen MR) is 83.8 cm³/mol. The molecule has 0 saturated carbocycles. The smallest absolute Gasteiger partial charge is 0.109 e. The first-order valence-electron chi connectivity index (χ1n) is 7.53. The maximum absolute atomic E-state index is 4.43. The lowest BCUT2D eigenvalue weighted by molar-refractivity contribution is 0.463. The van der Waals surface area contributed by atoms with Crippen LogP contribution < -0.4 is 5.32 Å². The fraction of sp³-hybridized carbons (Fsp3) is 0.471. The molecule has 0 aliphatic carbocycles. The van der Waals surface area contributed by atoms with E-state index in [9.17, 15) is 0 Å². The Morgan fingerprint density at radius 3 is 2.70 bits per heavy atom. The topological polar surface area (TPSA) is 29.9 Å². The molecule has 1 aromatic heterocycles. The van der Waals surface area contributed by atoms with E-state index in [-0.39, 0.29) is 0 Å². The molecule has 0 fully saturated rings. The molecular formula is C17H25N3. The molecule has 1 atom stereocenters. The third-order valence-electron chi connectivity index (χ3n) is 3.70. The number of aromatic nitrogens is 2. The van der Waals surface area contributed by atoms with E-state index >= 15 is 0 Å². The van der Waals surface area contributed by atoms with Crippen molar-refractivity contribution in [2.24, 2.45) is 7.05 Å². The lowest BCUT2D eigenvalue weighted by Crippen LogP contribution is -2.32. The van der Waals surface area contributed by atoms with Crippen molar-refractivity contribution >= 4 is 0 Å². The zero-order chi connectivity index (χ0) is 14.2. The van der Waals surface area contributed by atoms with Crippen LogP contribution in [0.3, 0.4) is 0 Å². The number of rotatable bonds is 8. The Labute approximate surface area is 122 Å². The molecule has 2 aromatic rings. The Kier molecular flexibility index (Phi) is 5.81. The molecule has 1 unspecified atom stereocenters. The van der Waals surface area contributed by atoms with E-state index in [0.717, 1.165) is 25.2 Å². The Balaban J connectivity index is 1.82. The zero-order valence-electron chi connectivity index (χ0n) is 12.5. The summed E-state index contributed by atoms with van der Waals surface area (Å²) < 4.78 is 2.11. The van der Waals surface area contributed by atoms with Gasteiger partial charge in [-0.2, -0.15) is 0 Å². The molecule has 0 amide bonds. The molecular weight excluding hydrogens is 246 g/mol. The summed E-state index contributed by atoms with van der Waals surface area (Å²) >= 11 is 0. The van der Waals surface area contributed by atoms with Crippen LogP contribution in [0, 0.1) is 0 Å². The summed E-state index contributed by atoms with van der Waals surface area (Å²) in [7, 11) is 2.06. The van der Waals surface area contributed by atoms with E-state index in [4.69, 9.17) is 0 Å². The van der Waals surface area contributed by atoms with Gasteiger partial charge in [0.05, 0.1) is 0 Å². The molecule has 0 aliphatic rings. The summed E-state index contributed by atoms with van der Waals surface area (Å²) in [5, 5.41) is 3.58. The van der Waals surface area contributed by atoms with Crippen molar-refractivity contribution in [2.75, 3.05) is 6.54 Å². The first kappa shape index (κ1) is 14.8. The molecule has 1 heterocycles. The quantitative estimate of drug-likeness (QED) is 0.800. The van der Waals surface area contributed by atoms with Gasteiger partial charge < -0.3 is 9.88 Å². The number of imidazole rings is 1. The molecule has 1 N–H and O–H groups in total. The third kappa shape index (κ3) is 4.49. The highest BCUT2D eigenvalue weighted by Crippen LogP contribution is 2.10. The molecule has 2 rings (SSSR count). The van der Waals surface area contributed by atoms with Gasteiger partial charge in [-0.3, -0.25) is 0 Å². The highest BCUT2D eigenvalue weighted by molar-refractivity contribution is 5.14.